The number of hydrogen-bond donors (Lipinski definition) is 0. The predicted octanol–water partition coefficient (Wildman–Crippen LogP) is 12.7. The molecular weight excluding hydrogens is 601 g/mol. The topological polar surface area (TPSA) is 17.8 Å². The molecule has 8 aromatic carbocycles. The van der Waals surface area contributed by atoms with Gasteiger partial charge >= 0.3 is 0 Å². The third-order valence-corrected chi connectivity index (χ3v) is 10.4. The van der Waals surface area contributed by atoms with Gasteiger partial charge in [0.25, 0.3) is 0 Å². The van der Waals surface area contributed by atoms with Gasteiger partial charge in [0.15, 0.2) is 0 Å². The molecule has 224 valence electrons. The van der Waals surface area contributed by atoms with Gasteiger partial charge < -0.3 is 0 Å². The Labute approximate surface area is 288 Å². The minimum absolute atomic E-state index is 0.175. The van der Waals surface area contributed by atoms with Crippen molar-refractivity contribution in [3.63, 3.8) is 0 Å². The van der Waals surface area contributed by atoms with Crippen LogP contribution < -0.4 is 0 Å². The summed E-state index contributed by atoms with van der Waals surface area (Å²) in [4.78, 5) is 5.32. The van der Waals surface area contributed by atoms with Crippen LogP contribution in [0.4, 0.5) is 0 Å². The van der Waals surface area contributed by atoms with Gasteiger partial charge in [-0.25, -0.2) is 4.98 Å². The fourth-order valence-electron chi connectivity index (χ4n) is 7.27. The molecule has 0 amide bonds. The van der Waals surface area contributed by atoms with Gasteiger partial charge in [-0.05, 0) is 86.3 Å². The van der Waals surface area contributed by atoms with Crippen LogP contribution in [-0.4, -0.2) is 9.55 Å². The Morgan fingerprint density at radius 2 is 1.21 bits per heavy atom. The molecule has 0 atom stereocenters. The van der Waals surface area contributed by atoms with E-state index in [2.05, 4.69) is 89.5 Å². The third-order valence-electron chi connectivity index (χ3n) is 9.28. The van der Waals surface area contributed by atoms with Crippen molar-refractivity contribution >= 4 is 64.1 Å². The number of thiophene rings is 1. The molecule has 3 heteroatoms. The fraction of sp³-hybridized carbons (Fsp3) is 0. The van der Waals surface area contributed by atoms with Crippen molar-refractivity contribution in [1.82, 2.24) is 9.55 Å². The highest BCUT2D eigenvalue weighted by molar-refractivity contribution is 7.25. The smallest absolute Gasteiger partial charge is 0.146 e. The second-order valence-electron chi connectivity index (χ2n) is 11.9. The first-order valence-corrected chi connectivity index (χ1v) is 16.7. The van der Waals surface area contributed by atoms with Crippen molar-refractivity contribution in [1.29, 1.82) is 0 Å². The Hall–Kier alpha value is -6.03. The lowest BCUT2D eigenvalue weighted by atomic mass is 9.85. The molecule has 0 N–H and O–H groups in total. The summed E-state index contributed by atoms with van der Waals surface area (Å²) in [5.74, 6) is 0.792. The van der Waals surface area contributed by atoms with E-state index in [0.29, 0.717) is 5.56 Å². The van der Waals surface area contributed by atoms with Crippen LogP contribution in [0, 0.1) is 0 Å². The number of nitrogens with zero attached hydrogens (tertiary/aromatic N) is 2. The molecule has 48 heavy (non-hydrogen) atoms. The van der Waals surface area contributed by atoms with E-state index in [1.165, 1.54) is 14.8 Å². The van der Waals surface area contributed by atoms with E-state index >= 15 is 0 Å². The Morgan fingerprint density at radius 3 is 2.06 bits per heavy atom. The molecule has 0 spiro atoms. The lowest BCUT2D eigenvalue weighted by molar-refractivity contribution is 1.11. The minimum atomic E-state index is -0.408. The minimum Gasteiger partial charge on any atom is -0.292 e. The van der Waals surface area contributed by atoms with E-state index in [1.54, 1.807) is 11.3 Å². The Bertz CT molecular complexity index is 3100. The molecule has 0 radical (unpaired) electrons. The zero-order valence-corrected chi connectivity index (χ0v) is 26.4. The normalized spacial score (nSPS) is 13.2. The lowest BCUT2D eigenvalue weighted by Gasteiger charge is -2.20. The van der Waals surface area contributed by atoms with E-state index in [1.807, 2.05) is 54.6 Å². The van der Waals surface area contributed by atoms with Crippen LogP contribution in [0.3, 0.4) is 0 Å². The van der Waals surface area contributed by atoms with Gasteiger partial charge in [0, 0.05) is 31.4 Å². The molecule has 2 heterocycles. The van der Waals surface area contributed by atoms with Crippen molar-refractivity contribution in [3.05, 3.63) is 170 Å². The number of fused-ring (bicyclic) bond motifs is 6. The quantitative estimate of drug-likeness (QED) is 0.176. The van der Waals surface area contributed by atoms with E-state index in [-0.39, 0.29) is 29.7 Å². The first kappa shape index (κ1) is 22.5. The largest absolute Gasteiger partial charge is 0.292 e. The van der Waals surface area contributed by atoms with Gasteiger partial charge in [-0.1, -0.05) is 127 Å². The molecule has 0 unspecified atom stereocenters. The van der Waals surface area contributed by atoms with Crippen LogP contribution in [0.25, 0.3) is 92.1 Å². The van der Waals surface area contributed by atoms with Crippen molar-refractivity contribution in [3.8, 4) is 39.3 Å². The van der Waals surface area contributed by atoms with Gasteiger partial charge in [0.2, 0.25) is 0 Å². The van der Waals surface area contributed by atoms with E-state index in [9.17, 15) is 0 Å². The van der Waals surface area contributed by atoms with Crippen molar-refractivity contribution < 1.29 is 6.85 Å². The van der Waals surface area contributed by atoms with Crippen molar-refractivity contribution in [2.24, 2.45) is 0 Å². The maximum atomic E-state index is 8.88. The van der Waals surface area contributed by atoms with Gasteiger partial charge in [-0.2, -0.15) is 0 Å². The van der Waals surface area contributed by atoms with Crippen LogP contribution in [0.2, 0.25) is 0 Å². The van der Waals surface area contributed by atoms with E-state index in [4.69, 9.17) is 11.8 Å². The summed E-state index contributed by atoms with van der Waals surface area (Å²) in [6.45, 7) is 0. The highest BCUT2D eigenvalue weighted by Gasteiger charge is 2.24. The standard InChI is InChI=1S/C45H28N2S/c1-3-14-29(15-4-1)30-26-27-34-37(28-30)42(36-21-13-25-41-43(36)35-20-9-12-24-40(35)48-41)32-18-7-8-19-33(32)44(34)45-46-38-22-10-11-23-39(38)47(45)31-16-5-2-6-17-31/h1-28H/i1D,3D,4D,14D,15D. The predicted molar refractivity (Wildman–Crippen MR) is 205 cm³/mol. The molecule has 0 fully saturated rings. The van der Waals surface area contributed by atoms with Crippen LogP contribution >= 0.6 is 11.3 Å². The number of hydrogen-bond acceptors (Lipinski definition) is 2. The van der Waals surface area contributed by atoms with Gasteiger partial charge in [-0.3, -0.25) is 4.57 Å². The van der Waals surface area contributed by atoms with Crippen LogP contribution in [0.1, 0.15) is 6.85 Å². The Kier molecular flexibility index (Phi) is 5.04. The second-order valence-corrected chi connectivity index (χ2v) is 13.0. The summed E-state index contributed by atoms with van der Waals surface area (Å²) in [5.41, 5.74) is 6.62. The average molecular weight is 634 g/mol. The molecule has 0 aliphatic carbocycles. The van der Waals surface area contributed by atoms with E-state index in [0.717, 1.165) is 66.2 Å². The molecule has 2 aromatic heterocycles. The molecule has 0 saturated carbocycles. The molecule has 2 nitrogen and oxygen atoms in total. The first-order valence-electron chi connectivity index (χ1n) is 18.4. The summed E-state index contributed by atoms with van der Waals surface area (Å²) >= 11 is 1.77. The summed E-state index contributed by atoms with van der Waals surface area (Å²) in [7, 11) is 0. The fourth-order valence-corrected chi connectivity index (χ4v) is 8.41. The summed E-state index contributed by atoms with van der Waals surface area (Å²) in [5, 5.41) is 6.25. The highest BCUT2D eigenvalue weighted by atomic mass is 32.1. The van der Waals surface area contributed by atoms with Gasteiger partial charge in [-0.15, -0.1) is 11.3 Å². The maximum absolute atomic E-state index is 8.88. The van der Waals surface area contributed by atoms with Gasteiger partial charge in [0.1, 0.15) is 5.82 Å². The number of benzene rings is 8. The molecule has 10 aromatic rings. The number of para-hydroxylation sites is 3. The third kappa shape index (κ3) is 4.08. The monoisotopic (exact) mass is 633 g/mol. The summed E-state index contributed by atoms with van der Waals surface area (Å²) in [6.07, 6.45) is 0. The first-order chi connectivity index (χ1) is 25.9. The van der Waals surface area contributed by atoms with Crippen LogP contribution in [0.15, 0.2) is 170 Å². The number of rotatable bonds is 4. The van der Waals surface area contributed by atoms with Crippen molar-refractivity contribution in [2.75, 3.05) is 0 Å². The van der Waals surface area contributed by atoms with Crippen LogP contribution in [0.5, 0.6) is 0 Å². The second kappa shape index (κ2) is 10.8. The Morgan fingerprint density at radius 1 is 0.521 bits per heavy atom. The summed E-state index contributed by atoms with van der Waals surface area (Å²) in [6, 6.07) is 46.2. The van der Waals surface area contributed by atoms with Crippen molar-refractivity contribution in [2.45, 2.75) is 0 Å². The molecular formula is C45H28N2S. The highest BCUT2D eigenvalue weighted by Crippen LogP contribution is 2.49. The van der Waals surface area contributed by atoms with E-state index < -0.39 is 6.04 Å². The Balaban J connectivity index is 1.41. The van der Waals surface area contributed by atoms with Crippen LogP contribution in [-0.2, 0) is 0 Å². The number of aromatic nitrogens is 2. The maximum Gasteiger partial charge on any atom is 0.146 e. The average Bonchev–Trinajstić information content (AvgIpc) is 3.78. The molecule has 10 rings (SSSR count). The molecule has 0 aliphatic rings. The van der Waals surface area contributed by atoms with Gasteiger partial charge in [0.05, 0.1) is 17.9 Å². The molecule has 0 aliphatic heterocycles. The SMILES string of the molecule is [2H]c1c([2H])c([2H])c(-c2ccc3c(-c4nc5ccccc5n4-c4ccccc4)c4ccccc4c(-c4cccc5sc6ccccc6c45)c3c2)c([2H])c1[2H]. The zero-order chi connectivity index (χ0) is 36.0. The molecule has 0 saturated heterocycles. The zero-order valence-electron chi connectivity index (χ0n) is 30.6. The molecule has 0 bridgehead atoms. The number of imidazole rings is 1. The summed E-state index contributed by atoms with van der Waals surface area (Å²) < 4.78 is 47.6. The lowest BCUT2D eigenvalue weighted by Crippen LogP contribution is -2.00.